The number of amides is 1. The molecule has 2 aromatic rings. The van der Waals surface area contributed by atoms with Crippen molar-refractivity contribution in [2.24, 2.45) is 0 Å². The second kappa shape index (κ2) is 6.91. The van der Waals surface area contributed by atoms with E-state index in [4.69, 9.17) is 23.2 Å². The molecule has 4 nitrogen and oxygen atoms in total. The zero-order valence-electron chi connectivity index (χ0n) is 12.5. The molecular weight excluding hydrogens is 357 g/mol. The minimum atomic E-state index is -3.28. The average molecular weight is 372 g/mol. The van der Waals surface area contributed by atoms with E-state index in [1.165, 1.54) is 24.3 Å². The highest BCUT2D eigenvalue weighted by Gasteiger charge is 2.15. The summed E-state index contributed by atoms with van der Waals surface area (Å²) in [4.78, 5) is 12.4. The fourth-order valence-corrected chi connectivity index (χ4v) is 3.27. The van der Waals surface area contributed by atoms with E-state index >= 15 is 0 Å². The van der Waals surface area contributed by atoms with Crippen molar-refractivity contribution in [2.75, 3.05) is 6.26 Å². The van der Waals surface area contributed by atoms with Gasteiger partial charge in [-0.2, -0.15) is 0 Å². The first-order valence-corrected chi connectivity index (χ1v) is 9.39. The van der Waals surface area contributed by atoms with E-state index in [2.05, 4.69) is 5.32 Å². The molecule has 1 amide bonds. The molecule has 7 heteroatoms. The van der Waals surface area contributed by atoms with Crippen molar-refractivity contribution >= 4 is 38.9 Å². The van der Waals surface area contributed by atoms with Crippen LogP contribution < -0.4 is 5.32 Å². The Hall–Kier alpha value is -1.56. The summed E-state index contributed by atoms with van der Waals surface area (Å²) in [6.07, 6.45) is 1.12. The van der Waals surface area contributed by atoms with Crippen LogP contribution in [0.3, 0.4) is 0 Å². The molecule has 122 valence electrons. The van der Waals surface area contributed by atoms with E-state index in [-0.39, 0.29) is 16.8 Å². The summed E-state index contributed by atoms with van der Waals surface area (Å²) in [6.45, 7) is 1.80. The first kappa shape index (κ1) is 17.8. The molecule has 0 fully saturated rings. The summed E-state index contributed by atoms with van der Waals surface area (Å²) in [7, 11) is -3.28. The highest BCUT2D eigenvalue weighted by Crippen LogP contribution is 2.26. The maximum Gasteiger partial charge on any atom is 0.251 e. The molecule has 2 rings (SSSR count). The number of hydrogen-bond acceptors (Lipinski definition) is 3. The van der Waals surface area contributed by atoms with Gasteiger partial charge in [0, 0.05) is 21.9 Å². The van der Waals surface area contributed by atoms with E-state index in [1.54, 1.807) is 25.1 Å². The number of benzene rings is 2. The van der Waals surface area contributed by atoms with Gasteiger partial charge in [0.1, 0.15) is 0 Å². The molecule has 1 atom stereocenters. The maximum absolute atomic E-state index is 12.2. The van der Waals surface area contributed by atoms with Gasteiger partial charge in [0.25, 0.3) is 5.91 Å². The summed E-state index contributed by atoms with van der Waals surface area (Å²) < 4.78 is 22.8. The van der Waals surface area contributed by atoms with Gasteiger partial charge in [-0.3, -0.25) is 4.79 Å². The number of nitrogens with one attached hydrogen (secondary N) is 1. The Morgan fingerprint density at radius 3 is 2.22 bits per heavy atom. The molecular formula is C16H15Cl2NO3S. The van der Waals surface area contributed by atoms with Crippen molar-refractivity contribution in [3.05, 3.63) is 63.6 Å². The van der Waals surface area contributed by atoms with Crippen LogP contribution in [0, 0.1) is 0 Å². The van der Waals surface area contributed by atoms with Crippen LogP contribution in [-0.4, -0.2) is 20.6 Å². The zero-order chi connectivity index (χ0) is 17.2. The molecule has 0 aliphatic heterocycles. The van der Waals surface area contributed by atoms with Crippen LogP contribution in [0.15, 0.2) is 47.4 Å². The summed E-state index contributed by atoms with van der Waals surface area (Å²) in [5.41, 5.74) is 1.12. The summed E-state index contributed by atoms with van der Waals surface area (Å²) in [5, 5.41) is 3.81. The molecule has 2 aromatic carbocycles. The first-order chi connectivity index (χ1) is 10.7. The zero-order valence-corrected chi connectivity index (χ0v) is 14.8. The predicted octanol–water partition coefficient (Wildman–Crippen LogP) is 3.89. The molecule has 1 unspecified atom stereocenters. The van der Waals surface area contributed by atoms with E-state index in [9.17, 15) is 13.2 Å². The average Bonchev–Trinajstić information content (AvgIpc) is 2.46. The van der Waals surface area contributed by atoms with Gasteiger partial charge in [-0.15, -0.1) is 0 Å². The molecule has 0 heterocycles. The largest absolute Gasteiger partial charge is 0.345 e. The summed E-state index contributed by atoms with van der Waals surface area (Å²) in [6, 6.07) is 10.5. The molecule has 0 aliphatic carbocycles. The van der Waals surface area contributed by atoms with E-state index < -0.39 is 9.84 Å². The topological polar surface area (TPSA) is 63.2 Å². The minimum absolute atomic E-state index is 0.169. The highest BCUT2D eigenvalue weighted by atomic mass is 35.5. The SMILES string of the molecule is CC(NC(=O)c1ccc(S(C)(=O)=O)cc1)c1ccc(Cl)cc1Cl. The molecule has 0 radical (unpaired) electrons. The molecule has 0 aromatic heterocycles. The van der Waals surface area contributed by atoms with E-state index in [0.29, 0.717) is 15.6 Å². The van der Waals surface area contributed by atoms with Gasteiger partial charge in [-0.25, -0.2) is 8.42 Å². The van der Waals surface area contributed by atoms with Crippen molar-refractivity contribution in [1.29, 1.82) is 0 Å². The maximum atomic E-state index is 12.2. The van der Waals surface area contributed by atoms with Gasteiger partial charge in [-0.05, 0) is 48.9 Å². The van der Waals surface area contributed by atoms with Crippen LogP contribution in [0.25, 0.3) is 0 Å². The van der Waals surface area contributed by atoms with Crippen LogP contribution in [0.4, 0.5) is 0 Å². The summed E-state index contributed by atoms with van der Waals surface area (Å²) in [5.74, 6) is -0.316. The molecule has 23 heavy (non-hydrogen) atoms. The Labute approximate surface area is 145 Å². The van der Waals surface area contributed by atoms with Crippen molar-refractivity contribution in [1.82, 2.24) is 5.32 Å². The van der Waals surface area contributed by atoms with Crippen molar-refractivity contribution in [3.8, 4) is 0 Å². The fraction of sp³-hybridized carbons (Fsp3) is 0.188. The number of carbonyl (C=O) groups excluding carboxylic acids is 1. The number of hydrogen-bond donors (Lipinski definition) is 1. The fourth-order valence-electron chi connectivity index (χ4n) is 2.06. The van der Waals surface area contributed by atoms with Crippen molar-refractivity contribution in [3.63, 3.8) is 0 Å². The van der Waals surface area contributed by atoms with Crippen molar-refractivity contribution < 1.29 is 13.2 Å². The molecule has 0 aliphatic rings. The molecule has 0 saturated carbocycles. The Morgan fingerprint density at radius 2 is 1.70 bits per heavy atom. The Bertz CT molecular complexity index is 833. The van der Waals surface area contributed by atoms with Gasteiger partial charge in [-0.1, -0.05) is 29.3 Å². The third-order valence-electron chi connectivity index (χ3n) is 3.32. The van der Waals surface area contributed by atoms with Gasteiger partial charge in [0.15, 0.2) is 9.84 Å². The van der Waals surface area contributed by atoms with Gasteiger partial charge >= 0.3 is 0 Å². The lowest BCUT2D eigenvalue weighted by molar-refractivity contribution is 0.0940. The van der Waals surface area contributed by atoms with Crippen LogP contribution >= 0.6 is 23.2 Å². The standard InChI is InChI=1S/C16H15Cl2NO3S/c1-10(14-8-5-12(17)9-15(14)18)19-16(20)11-3-6-13(7-4-11)23(2,21)22/h3-10H,1-2H3,(H,19,20). The lowest BCUT2D eigenvalue weighted by atomic mass is 10.1. The van der Waals surface area contributed by atoms with E-state index in [1.807, 2.05) is 0 Å². The quantitative estimate of drug-likeness (QED) is 0.886. The molecule has 0 bridgehead atoms. The number of sulfone groups is 1. The Balaban J connectivity index is 2.15. The monoisotopic (exact) mass is 371 g/mol. The molecule has 0 saturated heterocycles. The van der Waals surface area contributed by atoms with Crippen LogP contribution in [0.1, 0.15) is 28.9 Å². The smallest absolute Gasteiger partial charge is 0.251 e. The van der Waals surface area contributed by atoms with Gasteiger partial charge in [0.05, 0.1) is 10.9 Å². The van der Waals surface area contributed by atoms with Crippen LogP contribution in [0.2, 0.25) is 10.0 Å². The lowest BCUT2D eigenvalue weighted by Gasteiger charge is -2.16. The predicted molar refractivity (Wildman–Crippen MR) is 91.9 cm³/mol. The Morgan fingerprint density at radius 1 is 1.09 bits per heavy atom. The minimum Gasteiger partial charge on any atom is -0.345 e. The molecule has 1 N–H and O–H groups in total. The number of carbonyl (C=O) groups is 1. The third kappa shape index (κ3) is 4.47. The van der Waals surface area contributed by atoms with Crippen LogP contribution in [-0.2, 0) is 9.84 Å². The van der Waals surface area contributed by atoms with E-state index in [0.717, 1.165) is 11.8 Å². The van der Waals surface area contributed by atoms with Gasteiger partial charge in [0.2, 0.25) is 0 Å². The molecule has 0 spiro atoms. The third-order valence-corrected chi connectivity index (χ3v) is 5.01. The second-order valence-corrected chi connectivity index (χ2v) is 8.02. The van der Waals surface area contributed by atoms with Gasteiger partial charge < -0.3 is 5.32 Å². The van der Waals surface area contributed by atoms with Crippen molar-refractivity contribution in [2.45, 2.75) is 17.9 Å². The number of rotatable bonds is 4. The second-order valence-electron chi connectivity index (χ2n) is 5.16. The normalized spacial score (nSPS) is 12.7. The summed E-state index contributed by atoms with van der Waals surface area (Å²) >= 11 is 12.0. The number of halogens is 2. The highest BCUT2D eigenvalue weighted by molar-refractivity contribution is 7.90. The lowest BCUT2D eigenvalue weighted by Crippen LogP contribution is -2.26. The van der Waals surface area contributed by atoms with Crippen LogP contribution in [0.5, 0.6) is 0 Å². The first-order valence-electron chi connectivity index (χ1n) is 6.74. The Kier molecular flexibility index (Phi) is 5.34.